The fourth-order valence-corrected chi connectivity index (χ4v) is 1.96. The van der Waals surface area contributed by atoms with Gasteiger partial charge >= 0.3 is 0 Å². The Labute approximate surface area is 125 Å². The van der Waals surface area contributed by atoms with E-state index in [1.807, 2.05) is 20.8 Å². The number of anilines is 1. The highest BCUT2D eigenvalue weighted by molar-refractivity contribution is 6.06. The van der Waals surface area contributed by atoms with Crippen molar-refractivity contribution in [3.05, 3.63) is 46.6 Å². The van der Waals surface area contributed by atoms with Crippen LogP contribution in [-0.4, -0.2) is 11.1 Å². The van der Waals surface area contributed by atoms with Gasteiger partial charge in [-0.15, -0.1) is 0 Å². The van der Waals surface area contributed by atoms with Crippen LogP contribution in [-0.2, 0) is 5.41 Å². The number of benzene rings is 1. The molecule has 1 N–H and O–H groups in total. The van der Waals surface area contributed by atoms with Crippen molar-refractivity contribution in [2.24, 2.45) is 0 Å². The number of amides is 1. The zero-order chi connectivity index (χ0) is 16.7. The number of hydrogen-bond acceptors (Lipinski definition) is 3. The minimum atomic E-state index is -1.64. The number of halogens is 3. The van der Waals surface area contributed by atoms with Crippen molar-refractivity contribution in [3.8, 4) is 0 Å². The van der Waals surface area contributed by atoms with Gasteiger partial charge in [0.25, 0.3) is 5.91 Å². The summed E-state index contributed by atoms with van der Waals surface area (Å²) in [7, 11) is 0. The zero-order valence-electron chi connectivity index (χ0n) is 12.6. The van der Waals surface area contributed by atoms with Crippen LogP contribution in [0.25, 0.3) is 0 Å². The van der Waals surface area contributed by atoms with Crippen LogP contribution in [0.3, 0.4) is 0 Å². The van der Waals surface area contributed by atoms with E-state index in [0.717, 1.165) is 12.1 Å². The molecule has 0 spiro atoms. The monoisotopic (exact) mass is 312 g/mol. The van der Waals surface area contributed by atoms with Gasteiger partial charge in [0.15, 0.2) is 17.5 Å². The van der Waals surface area contributed by atoms with Crippen LogP contribution in [0, 0.1) is 24.4 Å². The van der Waals surface area contributed by atoms with Crippen LogP contribution >= 0.6 is 0 Å². The molecule has 2 rings (SSSR count). The van der Waals surface area contributed by atoms with Crippen molar-refractivity contribution in [2.75, 3.05) is 5.32 Å². The number of rotatable bonds is 2. The Kier molecular flexibility index (Phi) is 4.00. The molecule has 1 heterocycles. The fourth-order valence-electron chi connectivity index (χ4n) is 1.96. The first-order chi connectivity index (χ1) is 10.1. The van der Waals surface area contributed by atoms with E-state index in [1.54, 1.807) is 6.92 Å². The highest BCUT2D eigenvalue weighted by Gasteiger charge is 2.29. The quantitative estimate of drug-likeness (QED) is 0.854. The molecule has 1 aromatic heterocycles. The highest BCUT2D eigenvalue weighted by atomic mass is 19.2. The van der Waals surface area contributed by atoms with Crippen molar-refractivity contribution in [2.45, 2.75) is 33.1 Å². The number of carbonyl (C=O) groups excluding carboxylic acids is 1. The normalized spacial score (nSPS) is 11.6. The Balaban J connectivity index is 2.39. The second kappa shape index (κ2) is 5.47. The van der Waals surface area contributed by atoms with E-state index in [9.17, 15) is 18.0 Å². The first kappa shape index (κ1) is 16.1. The first-order valence-electron chi connectivity index (χ1n) is 6.54. The summed E-state index contributed by atoms with van der Waals surface area (Å²) >= 11 is 0. The van der Waals surface area contributed by atoms with E-state index in [1.165, 1.54) is 0 Å². The predicted octanol–water partition coefficient (Wildman–Crippen LogP) is 3.95. The molecule has 0 aliphatic heterocycles. The van der Waals surface area contributed by atoms with E-state index in [4.69, 9.17) is 4.52 Å². The van der Waals surface area contributed by atoms with Crippen LogP contribution in [0.5, 0.6) is 0 Å². The average molecular weight is 312 g/mol. The lowest BCUT2D eigenvalue weighted by Crippen LogP contribution is -2.21. The summed E-state index contributed by atoms with van der Waals surface area (Å²) in [4.78, 5) is 12.3. The molecule has 0 aliphatic carbocycles. The Morgan fingerprint density at radius 1 is 1.18 bits per heavy atom. The number of aromatic nitrogens is 1. The third kappa shape index (κ3) is 2.84. The second-order valence-electron chi connectivity index (χ2n) is 5.89. The van der Waals surface area contributed by atoms with Gasteiger partial charge in [-0.1, -0.05) is 25.9 Å². The van der Waals surface area contributed by atoms with Gasteiger partial charge in [-0.2, -0.15) is 0 Å². The van der Waals surface area contributed by atoms with Gasteiger partial charge in [-0.25, -0.2) is 13.2 Å². The molecule has 0 unspecified atom stereocenters. The van der Waals surface area contributed by atoms with Crippen molar-refractivity contribution >= 4 is 11.6 Å². The van der Waals surface area contributed by atoms with Gasteiger partial charge in [-0.05, 0) is 19.1 Å². The summed E-state index contributed by atoms with van der Waals surface area (Å²) in [5, 5.41) is 6.05. The van der Waals surface area contributed by atoms with Gasteiger partial charge in [0.2, 0.25) is 0 Å². The Hall–Kier alpha value is -2.31. The largest absolute Gasteiger partial charge is 0.361 e. The number of aryl methyl sites for hydroxylation is 1. The first-order valence-corrected chi connectivity index (χ1v) is 6.54. The molecule has 0 atom stereocenters. The summed E-state index contributed by atoms with van der Waals surface area (Å²) in [5.74, 6) is -4.87. The molecule has 22 heavy (non-hydrogen) atoms. The van der Waals surface area contributed by atoms with E-state index in [-0.39, 0.29) is 11.3 Å². The number of hydrogen-bond donors (Lipinski definition) is 1. The minimum Gasteiger partial charge on any atom is -0.361 e. The Morgan fingerprint density at radius 2 is 1.82 bits per heavy atom. The van der Waals surface area contributed by atoms with Gasteiger partial charge in [0.1, 0.15) is 17.0 Å². The van der Waals surface area contributed by atoms with Gasteiger partial charge < -0.3 is 9.84 Å². The van der Waals surface area contributed by atoms with E-state index < -0.39 is 34.5 Å². The third-order valence-corrected chi connectivity index (χ3v) is 3.08. The lowest BCUT2D eigenvalue weighted by molar-refractivity contribution is 0.102. The van der Waals surface area contributed by atoms with Crippen molar-refractivity contribution in [3.63, 3.8) is 0 Å². The van der Waals surface area contributed by atoms with Crippen LogP contribution in [0.1, 0.15) is 42.6 Å². The molecule has 1 amide bonds. The van der Waals surface area contributed by atoms with Crippen molar-refractivity contribution in [1.82, 2.24) is 5.16 Å². The van der Waals surface area contributed by atoms with Gasteiger partial charge in [-0.3, -0.25) is 4.79 Å². The fraction of sp³-hybridized carbons (Fsp3) is 0.333. The van der Waals surface area contributed by atoms with Crippen LogP contribution in [0.2, 0.25) is 0 Å². The summed E-state index contributed by atoms with van der Waals surface area (Å²) in [6, 6.07) is 1.68. The smallest absolute Gasteiger partial charge is 0.261 e. The summed E-state index contributed by atoms with van der Waals surface area (Å²) < 4.78 is 44.7. The molecular weight excluding hydrogens is 297 g/mol. The minimum absolute atomic E-state index is 0.150. The van der Waals surface area contributed by atoms with Crippen molar-refractivity contribution < 1.29 is 22.5 Å². The molecule has 4 nitrogen and oxygen atoms in total. The zero-order valence-corrected chi connectivity index (χ0v) is 12.6. The molecule has 0 aliphatic rings. The maximum Gasteiger partial charge on any atom is 0.261 e. The lowest BCUT2D eigenvalue weighted by atomic mass is 9.88. The number of carbonyl (C=O) groups is 1. The van der Waals surface area contributed by atoms with E-state index in [2.05, 4.69) is 10.5 Å². The molecule has 0 bridgehead atoms. The summed E-state index contributed by atoms with van der Waals surface area (Å²) in [6.45, 7) is 7.04. The molecule has 7 heteroatoms. The number of nitrogens with zero attached hydrogens (tertiary/aromatic N) is 1. The number of nitrogens with one attached hydrogen (secondary N) is 1. The second-order valence-corrected chi connectivity index (χ2v) is 5.89. The molecule has 118 valence electrons. The molecule has 1 aromatic carbocycles. The third-order valence-electron chi connectivity index (χ3n) is 3.08. The van der Waals surface area contributed by atoms with E-state index >= 15 is 0 Å². The van der Waals surface area contributed by atoms with Gasteiger partial charge in [0.05, 0.1) is 5.69 Å². The summed E-state index contributed by atoms with van der Waals surface area (Å²) in [5.41, 5.74) is -0.386. The molecule has 0 fully saturated rings. The predicted molar refractivity (Wildman–Crippen MR) is 74.2 cm³/mol. The lowest BCUT2D eigenvalue weighted by Gasteiger charge is -2.16. The molecule has 0 saturated carbocycles. The maximum atomic E-state index is 13.6. The molecule has 0 saturated heterocycles. The van der Waals surface area contributed by atoms with Crippen molar-refractivity contribution in [1.29, 1.82) is 0 Å². The topological polar surface area (TPSA) is 55.1 Å². The highest BCUT2D eigenvalue weighted by Crippen LogP contribution is 2.28. The average Bonchev–Trinajstić information content (AvgIpc) is 2.81. The van der Waals surface area contributed by atoms with Gasteiger partial charge in [0, 0.05) is 5.41 Å². The molecule has 2 aromatic rings. The van der Waals surface area contributed by atoms with E-state index in [0.29, 0.717) is 5.69 Å². The van der Waals surface area contributed by atoms with Crippen LogP contribution in [0.15, 0.2) is 16.7 Å². The SMILES string of the molecule is Cc1onc(C(C)(C)C)c1C(=O)Nc1ccc(F)c(F)c1F. The molecular formula is C15H15F3N2O2. The molecule has 0 radical (unpaired) electrons. The maximum absolute atomic E-state index is 13.6. The Bertz CT molecular complexity index is 733. The summed E-state index contributed by atoms with van der Waals surface area (Å²) in [6.07, 6.45) is 0. The standard InChI is InChI=1S/C15H15F3N2O2/c1-7-10(13(20-22-7)15(2,3)4)14(21)19-9-6-5-8(16)11(17)12(9)18/h5-6H,1-4H3,(H,19,21). The Morgan fingerprint density at radius 3 is 2.41 bits per heavy atom. The van der Waals surface area contributed by atoms with Crippen LogP contribution < -0.4 is 5.32 Å². The van der Waals surface area contributed by atoms with Crippen LogP contribution in [0.4, 0.5) is 18.9 Å².